The fraction of sp³-hybridized carbons (Fsp3) is 0.462. The number of halogens is 4. The predicted octanol–water partition coefficient (Wildman–Crippen LogP) is 2.37. The molecular weight excluding hydrogens is 276 g/mol. The quantitative estimate of drug-likeness (QED) is 0.818. The van der Waals surface area contributed by atoms with E-state index >= 15 is 0 Å². The van der Waals surface area contributed by atoms with Crippen LogP contribution in [0.25, 0.3) is 0 Å². The number of rotatable bonds is 5. The number of primary amides is 1. The lowest BCUT2D eigenvalue weighted by molar-refractivity contribution is -0.140. The molecule has 3 N–H and O–H groups in total. The molecule has 1 fully saturated rings. The number of amides is 1. The molecule has 1 saturated carbocycles. The highest BCUT2D eigenvalue weighted by molar-refractivity contribution is 5.81. The molecular formula is C13H14F4N2O. The number of nitrogens with two attached hydrogens (primary N) is 1. The molecule has 1 atom stereocenters. The van der Waals surface area contributed by atoms with Gasteiger partial charge >= 0.3 is 6.18 Å². The van der Waals surface area contributed by atoms with Gasteiger partial charge in [0.2, 0.25) is 5.91 Å². The normalized spacial score (nSPS) is 17.0. The van der Waals surface area contributed by atoms with Crippen molar-refractivity contribution < 1.29 is 22.4 Å². The summed E-state index contributed by atoms with van der Waals surface area (Å²) in [6.07, 6.45) is -2.76. The van der Waals surface area contributed by atoms with E-state index in [0.717, 1.165) is 18.9 Å². The summed E-state index contributed by atoms with van der Waals surface area (Å²) >= 11 is 0. The van der Waals surface area contributed by atoms with Crippen LogP contribution < -0.4 is 11.1 Å². The van der Waals surface area contributed by atoms with Crippen LogP contribution in [0.5, 0.6) is 0 Å². The Hall–Kier alpha value is -1.63. The minimum atomic E-state index is -4.81. The van der Waals surface area contributed by atoms with Gasteiger partial charge in [-0.1, -0.05) is 6.07 Å². The van der Waals surface area contributed by atoms with Gasteiger partial charge in [-0.15, -0.1) is 0 Å². The summed E-state index contributed by atoms with van der Waals surface area (Å²) < 4.78 is 51.1. The smallest absolute Gasteiger partial charge is 0.368 e. The van der Waals surface area contributed by atoms with Crippen LogP contribution >= 0.6 is 0 Å². The van der Waals surface area contributed by atoms with Crippen molar-refractivity contribution in [1.29, 1.82) is 0 Å². The Morgan fingerprint density at radius 2 is 2.05 bits per heavy atom. The first kappa shape index (κ1) is 14.8. The molecule has 0 spiro atoms. The van der Waals surface area contributed by atoms with Crippen molar-refractivity contribution >= 4 is 5.91 Å². The van der Waals surface area contributed by atoms with E-state index < -0.39 is 29.5 Å². The summed E-state index contributed by atoms with van der Waals surface area (Å²) in [6, 6.07) is 1.43. The van der Waals surface area contributed by atoms with Crippen LogP contribution in [0.3, 0.4) is 0 Å². The van der Waals surface area contributed by atoms with Crippen molar-refractivity contribution in [1.82, 2.24) is 5.32 Å². The lowest BCUT2D eigenvalue weighted by atomic mass is 10.0. The van der Waals surface area contributed by atoms with Crippen molar-refractivity contribution in [3.63, 3.8) is 0 Å². The maximum absolute atomic E-state index is 13.2. The van der Waals surface area contributed by atoms with Gasteiger partial charge in [0, 0.05) is 0 Å². The molecule has 0 aromatic heterocycles. The maximum Gasteiger partial charge on any atom is 0.419 e. The molecule has 1 unspecified atom stereocenters. The van der Waals surface area contributed by atoms with Crippen LogP contribution in [-0.4, -0.2) is 12.5 Å². The molecule has 2 rings (SSSR count). The van der Waals surface area contributed by atoms with E-state index in [1.807, 2.05) is 0 Å². The Labute approximate surface area is 113 Å². The van der Waals surface area contributed by atoms with Gasteiger partial charge in [-0.3, -0.25) is 4.79 Å². The van der Waals surface area contributed by atoms with Crippen molar-refractivity contribution in [3.05, 3.63) is 35.1 Å². The summed E-state index contributed by atoms with van der Waals surface area (Å²) in [5.41, 5.74) is 3.82. The van der Waals surface area contributed by atoms with E-state index in [-0.39, 0.29) is 5.56 Å². The van der Waals surface area contributed by atoms with Crippen molar-refractivity contribution in [2.45, 2.75) is 25.1 Å². The number of nitrogens with one attached hydrogen (secondary N) is 1. The molecule has 1 aromatic rings. The molecule has 1 aliphatic rings. The molecule has 7 heteroatoms. The maximum atomic E-state index is 13.2. The van der Waals surface area contributed by atoms with Crippen LogP contribution in [0, 0.1) is 11.7 Å². The largest absolute Gasteiger partial charge is 0.419 e. The minimum absolute atomic E-state index is 0.0203. The van der Waals surface area contributed by atoms with Crippen molar-refractivity contribution in [2.75, 3.05) is 6.54 Å². The van der Waals surface area contributed by atoms with Crippen LogP contribution in [0.15, 0.2) is 18.2 Å². The van der Waals surface area contributed by atoms with Gasteiger partial charge in [-0.05, 0) is 43.0 Å². The first-order chi connectivity index (χ1) is 9.29. The average molecular weight is 290 g/mol. The molecule has 3 nitrogen and oxygen atoms in total. The van der Waals surface area contributed by atoms with Crippen LogP contribution in [0.1, 0.15) is 30.0 Å². The summed E-state index contributed by atoms with van der Waals surface area (Å²) in [6.45, 7) is 0.506. The number of hydrogen-bond donors (Lipinski definition) is 2. The van der Waals surface area contributed by atoms with Gasteiger partial charge in [0.05, 0.1) is 5.56 Å². The van der Waals surface area contributed by atoms with Crippen LogP contribution in [0.2, 0.25) is 0 Å². The summed E-state index contributed by atoms with van der Waals surface area (Å²) in [5.74, 6) is -1.73. The minimum Gasteiger partial charge on any atom is -0.368 e. The third-order valence-electron chi connectivity index (χ3n) is 3.22. The first-order valence-electron chi connectivity index (χ1n) is 6.18. The molecule has 1 aliphatic carbocycles. The number of hydrogen-bond acceptors (Lipinski definition) is 2. The van der Waals surface area contributed by atoms with E-state index in [0.29, 0.717) is 24.6 Å². The standard InChI is InChI=1S/C13H14F4N2O/c14-10-4-3-8(5-9(10)13(15,16)17)11(12(18)20)19-6-7-1-2-7/h3-5,7,11,19H,1-2,6H2,(H2,18,20). The Kier molecular flexibility index (Phi) is 3.99. The second-order valence-corrected chi connectivity index (χ2v) is 4.92. The highest BCUT2D eigenvalue weighted by atomic mass is 19.4. The third kappa shape index (κ3) is 3.47. The lowest BCUT2D eigenvalue weighted by Gasteiger charge is -2.17. The highest BCUT2D eigenvalue weighted by Gasteiger charge is 2.35. The zero-order chi connectivity index (χ0) is 14.9. The van der Waals surface area contributed by atoms with Crippen LogP contribution in [0.4, 0.5) is 17.6 Å². The van der Waals surface area contributed by atoms with E-state index in [2.05, 4.69) is 5.32 Å². The molecule has 0 aliphatic heterocycles. The molecule has 0 bridgehead atoms. The summed E-state index contributed by atoms with van der Waals surface area (Å²) in [7, 11) is 0. The van der Waals surface area contributed by atoms with Gasteiger partial charge in [0.25, 0.3) is 0 Å². The van der Waals surface area contributed by atoms with E-state index in [9.17, 15) is 22.4 Å². The Morgan fingerprint density at radius 1 is 1.40 bits per heavy atom. The van der Waals surface area contributed by atoms with Gasteiger partial charge in [-0.25, -0.2) is 4.39 Å². The zero-order valence-electron chi connectivity index (χ0n) is 10.5. The van der Waals surface area contributed by atoms with Crippen molar-refractivity contribution in [2.24, 2.45) is 11.7 Å². The summed E-state index contributed by atoms with van der Waals surface area (Å²) in [5, 5.41) is 2.83. The second kappa shape index (κ2) is 5.40. The lowest BCUT2D eigenvalue weighted by Crippen LogP contribution is -2.35. The third-order valence-corrected chi connectivity index (χ3v) is 3.22. The Bertz CT molecular complexity index is 512. The first-order valence-corrected chi connectivity index (χ1v) is 6.18. The molecule has 1 amide bonds. The monoisotopic (exact) mass is 290 g/mol. The molecule has 1 aromatic carbocycles. The van der Waals surface area contributed by atoms with Gasteiger partial charge in [0.1, 0.15) is 11.9 Å². The number of carbonyl (C=O) groups excluding carboxylic acids is 1. The summed E-state index contributed by atoms with van der Waals surface area (Å²) in [4.78, 5) is 11.4. The average Bonchev–Trinajstić information content (AvgIpc) is 3.13. The van der Waals surface area contributed by atoms with Crippen LogP contribution in [-0.2, 0) is 11.0 Å². The van der Waals surface area contributed by atoms with E-state index in [1.165, 1.54) is 0 Å². The fourth-order valence-electron chi connectivity index (χ4n) is 1.93. The molecule has 110 valence electrons. The molecule has 0 saturated heterocycles. The number of carbonyl (C=O) groups is 1. The Morgan fingerprint density at radius 3 is 2.55 bits per heavy atom. The predicted molar refractivity (Wildman–Crippen MR) is 64.1 cm³/mol. The fourth-order valence-corrected chi connectivity index (χ4v) is 1.93. The molecule has 0 heterocycles. The second-order valence-electron chi connectivity index (χ2n) is 4.92. The van der Waals surface area contributed by atoms with E-state index in [1.54, 1.807) is 0 Å². The topological polar surface area (TPSA) is 55.1 Å². The highest BCUT2D eigenvalue weighted by Crippen LogP contribution is 2.33. The number of alkyl halides is 3. The van der Waals surface area contributed by atoms with E-state index in [4.69, 9.17) is 5.73 Å². The molecule has 0 radical (unpaired) electrons. The number of benzene rings is 1. The van der Waals surface area contributed by atoms with Gasteiger partial charge < -0.3 is 11.1 Å². The van der Waals surface area contributed by atoms with Gasteiger partial charge in [0.15, 0.2) is 0 Å². The zero-order valence-corrected chi connectivity index (χ0v) is 10.5. The Balaban J connectivity index is 2.25. The SMILES string of the molecule is NC(=O)C(NCC1CC1)c1ccc(F)c(C(F)(F)F)c1. The molecule has 20 heavy (non-hydrogen) atoms. The van der Waals surface area contributed by atoms with Gasteiger partial charge in [-0.2, -0.15) is 13.2 Å². The van der Waals surface area contributed by atoms with Crippen molar-refractivity contribution in [3.8, 4) is 0 Å².